The number of esters is 2. The number of hydrogen-bond donors (Lipinski definition) is 0. The minimum Gasteiger partial charge on any atom is -0.496 e. The molecule has 4 aliphatic carbocycles. The van der Waals surface area contributed by atoms with Crippen molar-refractivity contribution in [2.45, 2.75) is 43.9 Å². The molecule has 0 spiro atoms. The Bertz CT molecular complexity index is 1100. The Morgan fingerprint density at radius 3 is 2.29 bits per heavy atom. The van der Waals surface area contributed by atoms with Gasteiger partial charge in [0.2, 0.25) is 0 Å². The van der Waals surface area contributed by atoms with Gasteiger partial charge in [0.05, 0.1) is 18.2 Å². The number of benzene rings is 2. The van der Waals surface area contributed by atoms with E-state index in [4.69, 9.17) is 14.2 Å². The summed E-state index contributed by atoms with van der Waals surface area (Å²) in [5, 5.41) is 0. The smallest absolute Gasteiger partial charge is 0.343 e. The van der Waals surface area contributed by atoms with Crippen LogP contribution in [0.5, 0.6) is 11.5 Å². The van der Waals surface area contributed by atoms with E-state index in [2.05, 4.69) is 6.58 Å². The first-order valence-corrected chi connectivity index (χ1v) is 11.9. The third kappa shape index (κ3) is 4.10. The van der Waals surface area contributed by atoms with Crippen molar-refractivity contribution in [3.63, 3.8) is 0 Å². The van der Waals surface area contributed by atoms with Crippen molar-refractivity contribution in [2.75, 3.05) is 13.7 Å². The zero-order chi connectivity index (χ0) is 23.9. The highest BCUT2D eigenvalue weighted by Gasteiger charge is 2.52. The van der Waals surface area contributed by atoms with Gasteiger partial charge in [0.15, 0.2) is 0 Å². The Balaban J connectivity index is 1.38. The van der Waals surface area contributed by atoms with Crippen LogP contribution in [0, 0.1) is 23.6 Å². The molecule has 34 heavy (non-hydrogen) atoms. The fraction of sp³-hybridized carbons (Fsp3) is 0.429. The molecule has 0 radical (unpaired) electrons. The monoisotopic (exact) mass is 464 g/mol. The van der Waals surface area contributed by atoms with Crippen molar-refractivity contribution in [1.82, 2.24) is 0 Å². The molecule has 4 aliphatic rings. The molecule has 0 saturated heterocycles. The van der Waals surface area contributed by atoms with E-state index in [1.807, 2.05) is 12.1 Å². The van der Waals surface area contributed by atoms with Crippen LogP contribution in [0.25, 0.3) is 0 Å². The molecule has 6 heteroatoms. The summed E-state index contributed by atoms with van der Waals surface area (Å²) in [6.45, 7) is 3.44. The van der Waals surface area contributed by atoms with Gasteiger partial charge in [-0.2, -0.15) is 0 Å². The Kier molecular flexibility index (Phi) is 5.92. The summed E-state index contributed by atoms with van der Waals surface area (Å²) in [7, 11) is 1.67. The molecule has 6 rings (SSSR count). The topological polar surface area (TPSA) is 61.8 Å². The molecule has 0 heterocycles. The molecule has 4 saturated carbocycles. The van der Waals surface area contributed by atoms with Crippen LogP contribution < -0.4 is 9.47 Å². The molecule has 0 amide bonds. The highest BCUT2D eigenvalue weighted by molar-refractivity contribution is 5.92. The van der Waals surface area contributed by atoms with Crippen LogP contribution in [0.1, 0.15) is 64.8 Å². The molecular formula is C28H29FO5. The van der Waals surface area contributed by atoms with E-state index in [1.165, 1.54) is 37.5 Å². The second kappa shape index (κ2) is 8.90. The highest BCUT2D eigenvalue weighted by Crippen LogP contribution is 2.61. The number of methoxy groups -OCH3 is 1. The van der Waals surface area contributed by atoms with Crippen LogP contribution in [0.3, 0.4) is 0 Å². The van der Waals surface area contributed by atoms with Gasteiger partial charge in [0, 0.05) is 11.6 Å². The largest absolute Gasteiger partial charge is 0.496 e. The lowest BCUT2D eigenvalue weighted by Gasteiger charge is -2.57. The normalized spacial score (nSPS) is 26.7. The summed E-state index contributed by atoms with van der Waals surface area (Å²) in [6, 6.07) is 9.08. The summed E-state index contributed by atoms with van der Waals surface area (Å²) >= 11 is 0. The van der Waals surface area contributed by atoms with Crippen molar-refractivity contribution in [3.05, 3.63) is 71.6 Å². The first kappa shape index (κ1) is 22.6. The first-order valence-electron chi connectivity index (χ1n) is 11.9. The third-order valence-electron chi connectivity index (χ3n) is 7.75. The molecule has 0 aromatic heterocycles. The lowest BCUT2D eigenvalue weighted by atomic mass is 9.48. The van der Waals surface area contributed by atoms with Crippen LogP contribution in [0.2, 0.25) is 0 Å². The SMILES string of the molecule is C=CCOC(=O)c1ccc(OC(=O)c2ccc(OC)c(C34CC5CC(CC(C5)C3)C4)c2)cc1F. The van der Waals surface area contributed by atoms with Gasteiger partial charge in [-0.25, -0.2) is 14.0 Å². The number of carbonyl (C=O) groups is 2. The van der Waals surface area contributed by atoms with Gasteiger partial charge >= 0.3 is 11.9 Å². The van der Waals surface area contributed by atoms with E-state index < -0.39 is 17.8 Å². The Hall–Kier alpha value is -3.15. The van der Waals surface area contributed by atoms with Crippen LogP contribution >= 0.6 is 0 Å². The molecule has 2 aromatic rings. The predicted octanol–water partition coefficient (Wildman–Crippen LogP) is 5.86. The first-order chi connectivity index (χ1) is 16.4. The summed E-state index contributed by atoms with van der Waals surface area (Å²) in [4.78, 5) is 24.9. The van der Waals surface area contributed by atoms with Crippen molar-refractivity contribution in [2.24, 2.45) is 17.8 Å². The van der Waals surface area contributed by atoms with Crippen molar-refractivity contribution >= 4 is 11.9 Å². The predicted molar refractivity (Wildman–Crippen MR) is 125 cm³/mol. The fourth-order valence-electron chi connectivity index (χ4n) is 6.79. The summed E-state index contributed by atoms with van der Waals surface area (Å²) in [5.74, 6) is 0.912. The minimum atomic E-state index is -0.816. The molecule has 0 aliphatic heterocycles. The lowest BCUT2D eigenvalue weighted by Crippen LogP contribution is -2.48. The van der Waals surface area contributed by atoms with E-state index in [-0.39, 0.29) is 23.3 Å². The second-order valence-corrected chi connectivity index (χ2v) is 10.0. The molecule has 0 atom stereocenters. The van der Waals surface area contributed by atoms with Crippen LogP contribution in [-0.2, 0) is 10.2 Å². The fourth-order valence-corrected chi connectivity index (χ4v) is 6.79. The number of rotatable bonds is 7. The number of hydrogen-bond acceptors (Lipinski definition) is 5. The molecule has 2 aromatic carbocycles. The molecule has 5 nitrogen and oxygen atoms in total. The van der Waals surface area contributed by atoms with Crippen LogP contribution in [0.15, 0.2) is 49.1 Å². The molecule has 4 bridgehead atoms. The quantitative estimate of drug-likeness (QED) is 0.292. The zero-order valence-corrected chi connectivity index (χ0v) is 19.3. The van der Waals surface area contributed by atoms with E-state index in [0.29, 0.717) is 5.56 Å². The number of carbonyl (C=O) groups excluding carboxylic acids is 2. The van der Waals surface area contributed by atoms with E-state index in [0.717, 1.165) is 54.4 Å². The third-order valence-corrected chi connectivity index (χ3v) is 7.75. The van der Waals surface area contributed by atoms with Crippen molar-refractivity contribution in [3.8, 4) is 11.5 Å². The maximum atomic E-state index is 14.4. The average molecular weight is 465 g/mol. The van der Waals surface area contributed by atoms with Gasteiger partial charge in [-0.3, -0.25) is 0 Å². The zero-order valence-electron chi connectivity index (χ0n) is 19.3. The van der Waals surface area contributed by atoms with E-state index in [1.54, 1.807) is 13.2 Å². The Morgan fingerprint density at radius 1 is 1.03 bits per heavy atom. The maximum Gasteiger partial charge on any atom is 0.343 e. The van der Waals surface area contributed by atoms with Crippen molar-refractivity contribution < 1.29 is 28.2 Å². The van der Waals surface area contributed by atoms with Gasteiger partial charge < -0.3 is 14.2 Å². The Labute approximate surface area is 198 Å². The number of ether oxygens (including phenoxy) is 3. The summed E-state index contributed by atoms with van der Waals surface area (Å²) < 4.78 is 30.5. The van der Waals surface area contributed by atoms with Crippen LogP contribution in [0.4, 0.5) is 4.39 Å². The summed E-state index contributed by atoms with van der Waals surface area (Å²) in [5.41, 5.74) is 1.32. The Morgan fingerprint density at radius 2 is 1.71 bits per heavy atom. The molecule has 0 unspecified atom stereocenters. The van der Waals surface area contributed by atoms with E-state index >= 15 is 0 Å². The maximum absolute atomic E-state index is 14.4. The van der Waals surface area contributed by atoms with Crippen LogP contribution in [-0.4, -0.2) is 25.7 Å². The van der Waals surface area contributed by atoms with E-state index in [9.17, 15) is 14.0 Å². The summed E-state index contributed by atoms with van der Waals surface area (Å²) in [6.07, 6.45) is 8.80. The molecule has 178 valence electrons. The van der Waals surface area contributed by atoms with Crippen molar-refractivity contribution in [1.29, 1.82) is 0 Å². The van der Waals surface area contributed by atoms with Gasteiger partial charge in [0.1, 0.15) is 23.9 Å². The average Bonchev–Trinajstić information content (AvgIpc) is 2.81. The van der Waals surface area contributed by atoms with Gasteiger partial charge in [0.25, 0.3) is 0 Å². The molecule has 4 fully saturated rings. The molecular weight excluding hydrogens is 435 g/mol. The standard InChI is InChI=1S/C28H29FO5/c1-3-8-33-27(31)22-6-5-21(13-24(22)29)34-26(30)20-4-7-25(32-2)23(12-20)28-14-17-9-18(15-28)11-19(10-17)16-28/h3-7,12-13,17-19H,1,8-11,14-16H2,2H3. The van der Waals surface area contributed by atoms with Gasteiger partial charge in [-0.05, 0) is 92.0 Å². The van der Waals surface area contributed by atoms with Gasteiger partial charge in [-0.1, -0.05) is 12.7 Å². The number of halogens is 1. The lowest BCUT2D eigenvalue weighted by molar-refractivity contribution is -0.00618. The second-order valence-electron chi connectivity index (χ2n) is 10.0. The molecule has 0 N–H and O–H groups in total. The minimum absolute atomic E-state index is 0.0153. The highest BCUT2D eigenvalue weighted by atomic mass is 19.1. The van der Waals surface area contributed by atoms with Gasteiger partial charge in [-0.15, -0.1) is 0 Å².